The summed E-state index contributed by atoms with van der Waals surface area (Å²) in [6.07, 6.45) is 4.86. The van der Waals surface area contributed by atoms with Crippen LogP contribution in [-0.2, 0) is 0 Å². The lowest BCUT2D eigenvalue weighted by Crippen LogP contribution is -1.96. The Morgan fingerprint density at radius 3 is 2.22 bits per heavy atom. The van der Waals surface area contributed by atoms with Crippen LogP contribution in [0.25, 0.3) is 11.1 Å². The lowest BCUT2D eigenvalue weighted by molar-refractivity contribution is 0.305. The average Bonchev–Trinajstić information content (AvgIpc) is 2.74. The van der Waals surface area contributed by atoms with Gasteiger partial charge in [0.25, 0.3) is 0 Å². The van der Waals surface area contributed by atoms with Gasteiger partial charge in [-0.15, -0.1) is 5.11 Å². The second-order valence-corrected chi connectivity index (χ2v) is 6.49. The normalized spacial score (nSPS) is 11.0. The summed E-state index contributed by atoms with van der Waals surface area (Å²) in [4.78, 5) is 0. The number of ether oxygens (including phenoxy) is 1. The molecule has 0 radical (unpaired) electrons. The number of hydrogen-bond acceptors (Lipinski definition) is 3. The minimum absolute atomic E-state index is 0.779. The van der Waals surface area contributed by atoms with Gasteiger partial charge in [-0.25, -0.2) is 0 Å². The second kappa shape index (κ2) is 10.3. The second-order valence-electron chi connectivity index (χ2n) is 6.49. The van der Waals surface area contributed by atoms with Crippen LogP contribution in [0.5, 0.6) is 5.75 Å². The number of hydrogen-bond donors (Lipinski definition) is 0. The first-order valence-corrected chi connectivity index (χ1v) is 9.66. The van der Waals surface area contributed by atoms with Crippen molar-refractivity contribution in [2.75, 3.05) is 6.61 Å². The number of nitrogens with zero attached hydrogens (tertiary/aromatic N) is 2. The predicted octanol–water partition coefficient (Wildman–Crippen LogP) is 7.73. The molecule has 0 fully saturated rings. The maximum absolute atomic E-state index is 5.84. The lowest BCUT2D eigenvalue weighted by atomic mass is 10.0. The van der Waals surface area contributed by atoms with E-state index < -0.39 is 0 Å². The van der Waals surface area contributed by atoms with E-state index in [1.807, 2.05) is 60.7 Å². The van der Waals surface area contributed by atoms with Crippen LogP contribution in [-0.4, -0.2) is 6.61 Å². The molecule has 0 saturated carbocycles. The van der Waals surface area contributed by atoms with E-state index in [1.54, 1.807) is 0 Å². The smallest absolute Gasteiger partial charge is 0.119 e. The van der Waals surface area contributed by atoms with Gasteiger partial charge in [0.05, 0.1) is 18.0 Å². The Kier molecular flexibility index (Phi) is 7.16. The zero-order valence-corrected chi connectivity index (χ0v) is 15.8. The van der Waals surface area contributed by atoms with Crippen molar-refractivity contribution in [1.29, 1.82) is 0 Å². The largest absolute Gasteiger partial charge is 0.494 e. The molecule has 3 nitrogen and oxygen atoms in total. The summed E-state index contributed by atoms with van der Waals surface area (Å²) in [5, 5.41) is 8.79. The van der Waals surface area contributed by atoms with Gasteiger partial charge in [-0.3, -0.25) is 0 Å². The first-order chi connectivity index (χ1) is 13.4. The van der Waals surface area contributed by atoms with Crippen molar-refractivity contribution in [2.45, 2.75) is 32.6 Å². The zero-order chi connectivity index (χ0) is 18.7. The van der Waals surface area contributed by atoms with E-state index in [0.29, 0.717) is 0 Å². The fourth-order valence-corrected chi connectivity index (χ4v) is 2.86. The fourth-order valence-electron chi connectivity index (χ4n) is 2.86. The molecule has 0 N–H and O–H groups in total. The van der Waals surface area contributed by atoms with Crippen LogP contribution in [0.4, 0.5) is 11.4 Å². The first-order valence-electron chi connectivity index (χ1n) is 9.66. The van der Waals surface area contributed by atoms with Crippen LogP contribution >= 0.6 is 0 Å². The van der Waals surface area contributed by atoms with Crippen molar-refractivity contribution in [2.24, 2.45) is 10.2 Å². The van der Waals surface area contributed by atoms with Crippen LogP contribution in [0, 0.1) is 0 Å². The number of azo groups is 1. The molecular weight excluding hydrogens is 332 g/mol. The molecule has 0 aliphatic carbocycles. The predicted molar refractivity (Wildman–Crippen MR) is 112 cm³/mol. The van der Waals surface area contributed by atoms with Crippen molar-refractivity contribution in [1.82, 2.24) is 0 Å². The summed E-state index contributed by atoms with van der Waals surface area (Å²) >= 11 is 0. The molecule has 0 aliphatic rings. The highest BCUT2D eigenvalue weighted by Crippen LogP contribution is 2.32. The van der Waals surface area contributed by atoms with Gasteiger partial charge in [0.2, 0.25) is 0 Å². The van der Waals surface area contributed by atoms with Gasteiger partial charge in [0.1, 0.15) is 5.75 Å². The third kappa shape index (κ3) is 5.78. The van der Waals surface area contributed by atoms with Gasteiger partial charge < -0.3 is 4.74 Å². The molecule has 0 atom stereocenters. The third-order valence-corrected chi connectivity index (χ3v) is 4.37. The summed E-state index contributed by atoms with van der Waals surface area (Å²) in [7, 11) is 0. The molecule has 0 amide bonds. The molecule has 0 aromatic heterocycles. The molecule has 27 heavy (non-hydrogen) atoms. The summed E-state index contributed by atoms with van der Waals surface area (Å²) in [5.41, 5.74) is 3.87. The van der Waals surface area contributed by atoms with Crippen LogP contribution in [0.15, 0.2) is 89.1 Å². The molecule has 3 rings (SSSR count). The van der Waals surface area contributed by atoms with Crippen molar-refractivity contribution in [3.05, 3.63) is 78.9 Å². The van der Waals surface area contributed by atoms with E-state index >= 15 is 0 Å². The van der Waals surface area contributed by atoms with Crippen LogP contribution < -0.4 is 4.74 Å². The van der Waals surface area contributed by atoms with E-state index in [2.05, 4.69) is 35.4 Å². The molecule has 0 bridgehead atoms. The SMILES string of the molecule is CCCCCCOc1ccc(-c2ccccc2N=Nc2ccccc2)cc1. The molecule has 3 heteroatoms. The van der Waals surface area contributed by atoms with Crippen molar-refractivity contribution in [3.63, 3.8) is 0 Å². The number of unbranched alkanes of at least 4 members (excludes halogenated alkanes) is 3. The molecule has 3 aromatic carbocycles. The highest BCUT2D eigenvalue weighted by Gasteiger charge is 2.05. The highest BCUT2D eigenvalue weighted by molar-refractivity contribution is 5.75. The Bertz CT molecular complexity index is 842. The maximum atomic E-state index is 5.84. The van der Waals surface area contributed by atoms with Gasteiger partial charge in [-0.1, -0.05) is 74.7 Å². The topological polar surface area (TPSA) is 34.0 Å². The molecule has 0 saturated heterocycles. The van der Waals surface area contributed by atoms with E-state index in [0.717, 1.165) is 41.3 Å². The van der Waals surface area contributed by atoms with Crippen molar-refractivity contribution < 1.29 is 4.74 Å². The van der Waals surface area contributed by atoms with E-state index in [9.17, 15) is 0 Å². The van der Waals surface area contributed by atoms with Crippen LogP contribution in [0.3, 0.4) is 0 Å². The maximum Gasteiger partial charge on any atom is 0.119 e. The zero-order valence-electron chi connectivity index (χ0n) is 15.8. The number of benzene rings is 3. The Morgan fingerprint density at radius 2 is 1.44 bits per heavy atom. The first kappa shape index (κ1) is 18.8. The summed E-state index contributed by atoms with van der Waals surface area (Å²) in [6.45, 7) is 3.00. The molecule has 3 aromatic rings. The Labute approximate surface area is 161 Å². The highest BCUT2D eigenvalue weighted by atomic mass is 16.5. The fraction of sp³-hybridized carbons (Fsp3) is 0.250. The molecule has 0 spiro atoms. The van der Waals surface area contributed by atoms with Crippen LogP contribution in [0.1, 0.15) is 32.6 Å². The van der Waals surface area contributed by atoms with Gasteiger partial charge in [-0.2, -0.15) is 5.11 Å². The summed E-state index contributed by atoms with van der Waals surface area (Å²) in [5.74, 6) is 0.915. The van der Waals surface area contributed by atoms with E-state index in [1.165, 1.54) is 19.3 Å². The van der Waals surface area contributed by atoms with E-state index in [4.69, 9.17) is 4.74 Å². The minimum Gasteiger partial charge on any atom is -0.494 e. The monoisotopic (exact) mass is 358 g/mol. The Morgan fingerprint density at radius 1 is 0.704 bits per heavy atom. The van der Waals surface area contributed by atoms with Gasteiger partial charge >= 0.3 is 0 Å². The van der Waals surface area contributed by atoms with Gasteiger partial charge in [0, 0.05) is 5.56 Å². The minimum atomic E-state index is 0.779. The third-order valence-electron chi connectivity index (χ3n) is 4.37. The lowest BCUT2D eigenvalue weighted by Gasteiger charge is -2.08. The Balaban J connectivity index is 1.68. The van der Waals surface area contributed by atoms with Crippen LogP contribution in [0.2, 0.25) is 0 Å². The van der Waals surface area contributed by atoms with Gasteiger partial charge in [0.15, 0.2) is 0 Å². The van der Waals surface area contributed by atoms with Crippen molar-refractivity contribution >= 4 is 11.4 Å². The molecular formula is C24H26N2O. The van der Waals surface area contributed by atoms with E-state index in [-0.39, 0.29) is 0 Å². The summed E-state index contributed by atoms with van der Waals surface area (Å²) < 4.78 is 5.84. The van der Waals surface area contributed by atoms with Crippen molar-refractivity contribution in [3.8, 4) is 16.9 Å². The Hall–Kier alpha value is -2.94. The standard InChI is InChI=1S/C24H26N2O/c1-2-3-4-10-19-27-22-17-15-20(16-18-22)23-13-8-9-14-24(23)26-25-21-11-6-5-7-12-21/h5-9,11-18H,2-4,10,19H2,1H3. The molecule has 138 valence electrons. The summed E-state index contributed by atoms with van der Waals surface area (Å²) in [6, 6.07) is 26.1. The molecule has 0 aliphatic heterocycles. The number of rotatable bonds is 9. The average molecular weight is 358 g/mol. The molecule has 0 unspecified atom stereocenters. The van der Waals surface area contributed by atoms with Gasteiger partial charge in [-0.05, 0) is 42.3 Å². The quantitative estimate of drug-likeness (QED) is 0.284. The molecule has 0 heterocycles.